The van der Waals surface area contributed by atoms with Gasteiger partial charge in [-0.15, -0.1) is 0 Å². The van der Waals surface area contributed by atoms with Crippen LogP contribution < -0.4 is 5.32 Å². The van der Waals surface area contributed by atoms with Gasteiger partial charge < -0.3 is 5.32 Å². The molecule has 7 heteroatoms. The van der Waals surface area contributed by atoms with Crippen LogP contribution in [0.2, 0.25) is 0 Å². The highest BCUT2D eigenvalue weighted by Gasteiger charge is 2.06. The number of anilines is 1. The summed E-state index contributed by atoms with van der Waals surface area (Å²) in [7, 11) is 1.87. The zero-order valence-corrected chi connectivity index (χ0v) is 15.2. The molecule has 3 aromatic heterocycles. The Bertz CT molecular complexity index is 1110. The first kappa shape index (κ1) is 17.4. The molecule has 0 spiro atoms. The fourth-order valence-corrected chi connectivity index (χ4v) is 2.86. The van der Waals surface area contributed by atoms with Crippen molar-refractivity contribution < 1.29 is 4.79 Å². The van der Waals surface area contributed by atoms with Crippen molar-refractivity contribution in [2.45, 2.75) is 0 Å². The van der Waals surface area contributed by atoms with E-state index in [0.29, 0.717) is 0 Å². The number of benzene rings is 1. The maximum Gasteiger partial charge on any atom is 0.248 e. The fraction of sp³-hybridized carbons (Fsp3) is 0.0476. The van der Waals surface area contributed by atoms with E-state index in [1.165, 1.54) is 6.08 Å². The molecule has 0 saturated heterocycles. The summed E-state index contributed by atoms with van der Waals surface area (Å²) in [4.78, 5) is 16.5. The van der Waals surface area contributed by atoms with Gasteiger partial charge in [0.05, 0.1) is 11.9 Å². The molecule has 0 atom stereocenters. The first-order valence-electron chi connectivity index (χ1n) is 8.71. The van der Waals surface area contributed by atoms with Gasteiger partial charge in [-0.1, -0.05) is 12.1 Å². The lowest BCUT2D eigenvalue weighted by molar-refractivity contribution is -0.111. The van der Waals surface area contributed by atoms with Gasteiger partial charge in [0.25, 0.3) is 0 Å². The molecular weight excluding hydrogens is 352 g/mol. The number of hydrogen-bond donors (Lipinski definition) is 2. The Morgan fingerprint density at radius 1 is 1.07 bits per heavy atom. The summed E-state index contributed by atoms with van der Waals surface area (Å²) in [6.07, 6.45) is 12.1. The van der Waals surface area contributed by atoms with E-state index in [-0.39, 0.29) is 5.91 Å². The van der Waals surface area contributed by atoms with Gasteiger partial charge in [-0.05, 0) is 41.5 Å². The molecule has 2 N–H and O–H groups in total. The number of H-pyrrole nitrogens is 1. The number of carbonyl (C=O) groups excluding carboxylic acids is 1. The quantitative estimate of drug-likeness (QED) is 0.526. The molecular formula is C21H18N6O. The van der Waals surface area contributed by atoms with Crippen LogP contribution in [0, 0.1) is 0 Å². The summed E-state index contributed by atoms with van der Waals surface area (Å²) in [5.74, 6) is -0.213. The topological polar surface area (TPSA) is 88.5 Å². The standard InChI is InChI=1S/C21H18N6O/c1-27-14-17(13-24-27)19-8-10-22-12-16(19)4-7-21(28)25-18-5-2-15(3-6-18)20-9-11-23-26-20/h2-14H,1H3,(H,23,26)(H,25,28). The minimum absolute atomic E-state index is 0.213. The second-order valence-electron chi connectivity index (χ2n) is 6.24. The molecule has 0 fully saturated rings. The zero-order chi connectivity index (χ0) is 19.3. The fourth-order valence-electron chi connectivity index (χ4n) is 2.86. The highest BCUT2D eigenvalue weighted by molar-refractivity contribution is 6.02. The predicted octanol–water partition coefficient (Wildman–Crippen LogP) is 3.52. The van der Waals surface area contributed by atoms with Crippen molar-refractivity contribution in [1.29, 1.82) is 0 Å². The SMILES string of the molecule is Cn1cc(-c2ccncc2C=CC(=O)Nc2ccc(-c3ccn[nH]3)cc2)cn1. The van der Waals surface area contributed by atoms with E-state index in [1.807, 2.05) is 49.6 Å². The maximum absolute atomic E-state index is 12.3. The third-order valence-corrected chi connectivity index (χ3v) is 4.25. The van der Waals surface area contributed by atoms with Crippen LogP contribution in [-0.4, -0.2) is 30.9 Å². The first-order valence-corrected chi connectivity index (χ1v) is 8.71. The molecule has 0 unspecified atom stereocenters. The molecule has 0 aliphatic heterocycles. The number of aromatic amines is 1. The van der Waals surface area contributed by atoms with E-state index in [0.717, 1.165) is 33.6 Å². The van der Waals surface area contributed by atoms with Gasteiger partial charge in [-0.2, -0.15) is 10.2 Å². The number of amides is 1. The monoisotopic (exact) mass is 370 g/mol. The first-order chi connectivity index (χ1) is 13.7. The minimum atomic E-state index is -0.213. The largest absolute Gasteiger partial charge is 0.323 e. The summed E-state index contributed by atoms with van der Waals surface area (Å²) < 4.78 is 1.74. The Balaban J connectivity index is 1.46. The van der Waals surface area contributed by atoms with Gasteiger partial charge in [-0.3, -0.25) is 19.6 Å². The third-order valence-electron chi connectivity index (χ3n) is 4.25. The summed E-state index contributed by atoms with van der Waals surface area (Å²) >= 11 is 0. The number of aromatic nitrogens is 5. The Hall–Kier alpha value is -4.00. The molecule has 0 aliphatic rings. The molecule has 3 heterocycles. The van der Waals surface area contributed by atoms with E-state index >= 15 is 0 Å². The van der Waals surface area contributed by atoms with E-state index in [2.05, 4.69) is 25.6 Å². The van der Waals surface area contributed by atoms with Crippen LogP contribution in [0.3, 0.4) is 0 Å². The summed E-state index contributed by atoms with van der Waals surface area (Å²) in [6, 6.07) is 11.4. The van der Waals surface area contributed by atoms with E-state index < -0.39 is 0 Å². The van der Waals surface area contributed by atoms with Gasteiger partial charge in [0.15, 0.2) is 0 Å². The van der Waals surface area contributed by atoms with Crippen molar-refractivity contribution in [1.82, 2.24) is 25.0 Å². The van der Waals surface area contributed by atoms with Gasteiger partial charge in [0.2, 0.25) is 5.91 Å². The van der Waals surface area contributed by atoms with Crippen LogP contribution in [0.4, 0.5) is 5.69 Å². The molecule has 4 rings (SSSR count). The molecule has 0 radical (unpaired) electrons. The number of nitrogens with one attached hydrogen (secondary N) is 2. The van der Waals surface area contributed by atoms with Crippen molar-refractivity contribution >= 4 is 17.7 Å². The predicted molar refractivity (Wildman–Crippen MR) is 108 cm³/mol. The number of rotatable bonds is 5. The lowest BCUT2D eigenvalue weighted by Gasteiger charge is -2.05. The lowest BCUT2D eigenvalue weighted by atomic mass is 10.0. The second-order valence-corrected chi connectivity index (χ2v) is 6.24. The molecule has 0 saturated carbocycles. The van der Waals surface area contributed by atoms with Gasteiger partial charge >= 0.3 is 0 Å². The molecule has 0 bridgehead atoms. The smallest absolute Gasteiger partial charge is 0.248 e. The number of nitrogens with zero attached hydrogens (tertiary/aromatic N) is 4. The van der Waals surface area contributed by atoms with Crippen LogP contribution in [0.15, 0.2) is 73.5 Å². The molecule has 4 aromatic rings. The maximum atomic E-state index is 12.3. The number of aryl methyl sites for hydroxylation is 1. The van der Waals surface area contributed by atoms with Gasteiger partial charge in [0, 0.05) is 54.7 Å². The van der Waals surface area contributed by atoms with Crippen LogP contribution in [0.5, 0.6) is 0 Å². The van der Waals surface area contributed by atoms with E-state index in [9.17, 15) is 4.79 Å². The highest BCUT2D eigenvalue weighted by atomic mass is 16.1. The van der Waals surface area contributed by atoms with Crippen LogP contribution in [0.1, 0.15) is 5.56 Å². The molecule has 0 aliphatic carbocycles. The third kappa shape index (κ3) is 3.88. The van der Waals surface area contributed by atoms with Crippen molar-refractivity contribution in [3.05, 3.63) is 79.0 Å². The molecule has 28 heavy (non-hydrogen) atoms. The average molecular weight is 370 g/mol. The minimum Gasteiger partial charge on any atom is -0.323 e. The van der Waals surface area contributed by atoms with Crippen molar-refractivity contribution in [3.63, 3.8) is 0 Å². The Labute approximate surface area is 161 Å². The van der Waals surface area contributed by atoms with Crippen molar-refractivity contribution in [2.24, 2.45) is 7.05 Å². The Morgan fingerprint density at radius 3 is 2.64 bits per heavy atom. The van der Waals surface area contributed by atoms with Crippen molar-refractivity contribution in [3.8, 4) is 22.4 Å². The Morgan fingerprint density at radius 2 is 1.93 bits per heavy atom. The van der Waals surface area contributed by atoms with Crippen LogP contribution in [-0.2, 0) is 11.8 Å². The van der Waals surface area contributed by atoms with Crippen molar-refractivity contribution in [2.75, 3.05) is 5.32 Å². The van der Waals surface area contributed by atoms with E-state index in [1.54, 1.807) is 35.5 Å². The normalized spacial score (nSPS) is 11.0. The number of hydrogen-bond acceptors (Lipinski definition) is 4. The van der Waals surface area contributed by atoms with Crippen LogP contribution in [0.25, 0.3) is 28.5 Å². The Kier molecular flexibility index (Phi) is 4.79. The molecule has 1 aromatic carbocycles. The molecule has 138 valence electrons. The highest BCUT2D eigenvalue weighted by Crippen LogP contribution is 2.23. The van der Waals surface area contributed by atoms with Gasteiger partial charge in [0.1, 0.15) is 0 Å². The molecule has 1 amide bonds. The number of pyridine rings is 1. The number of carbonyl (C=O) groups is 1. The summed E-state index contributed by atoms with van der Waals surface area (Å²) in [6.45, 7) is 0. The summed E-state index contributed by atoms with van der Waals surface area (Å²) in [5.41, 5.74) is 5.44. The van der Waals surface area contributed by atoms with Crippen LogP contribution >= 0.6 is 0 Å². The summed E-state index contributed by atoms with van der Waals surface area (Å²) in [5, 5.41) is 13.9. The zero-order valence-electron chi connectivity index (χ0n) is 15.2. The average Bonchev–Trinajstić information content (AvgIpc) is 3.39. The lowest BCUT2D eigenvalue weighted by Crippen LogP contribution is -2.07. The second kappa shape index (κ2) is 7.71. The van der Waals surface area contributed by atoms with E-state index in [4.69, 9.17) is 0 Å². The molecule has 7 nitrogen and oxygen atoms in total. The van der Waals surface area contributed by atoms with Gasteiger partial charge in [-0.25, -0.2) is 0 Å².